The number of hydrogen-bond donors (Lipinski definition) is 1. The van der Waals surface area contributed by atoms with Gasteiger partial charge in [-0.25, -0.2) is 0 Å². The molecule has 1 amide bonds. The quantitative estimate of drug-likeness (QED) is 0.906. The molecule has 1 aromatic carbocycles. The summed E-state index contributed by atoms with van der Waals surface area (Å²) in [6.07, 6.45) is 0. The van der Waals surface area contributed by atoms with Gasteiger partial charge in [0.1, 0.15) is 0 Å². The highest BCUT2D eigenvalue weighted by atomic mass is 79.9. The zero-order chi connectivity index (χ0) is 13.1. The lowest BCUT2D eigenvalue weighted by Crippen LogP contribution is -2.23. The Morgan fingerprint density at radius 1 is 1.33 bits per heavy atom. The van der Waals surface area contributed by atoms with Gasteiger partial charge < -0.3 is 5.32 Å². The molecule has 0 aliphatic rings. The second kappa shape index (κ2) is 5.67. The maximum Gasteiger partial charge on any atom is 0.251 e. The van der Waals surface area contributed by atoms with Crippen LogP contribution in [-0.4, -0.2) is 5.91 Å². The van der Waals surface area contributed by atoms with Gasteiger partial charge in [0.25, 0.3) is 5.91 Å². The average Bonchev–Trinajstić information content (AvgIpc) is 2.75. The summed E-state index contributed by atoms with van der Waals surface area (Å²) in [6.45, 7) is 4.58. The van der Waals surface area contributed by atoms with Gasteiger partial charge in [-0.2, -0.15) is 11.3 Å². The molecule has 4 heteroatoms. The van der Waals surface area contributed by atoms with E-state index in [0.29, 0.717) is 6.54 Å². The Morgan fingerprint density at radius 3 is 2.78 bits per heavy atom. The van der Waals surface area contributed by atoms with Crippen molar-refractivity contribution in [2.24, 2.45) is 0 Å². The molecule has 2 rings (SSSR count). The molecule has 2 nitrogen and oxygen atoms in total. The van der Waals surface area contributed by atoms with Crippen LogP contribution in [0.4, 0.5) is 0 Å². The first-order valence-corrected chi connectivity index (χ1v) is 7.38. The van der Waals surface area contributed by atoms with Gasteiger partial charge in [-0.15, -0.1) is 0 Å². The highest BCUT2D eigenvalue weighted by Crippen LogP contribution is 2.19. The zero-order valence-electron chi connectivity index (χ0n) is 10.3. The molecule has 18 heavy (non-hydrogen) atoms. The van der Waals surface area contributed by atoms with Crippen molar-refractivity contribution in [3.05, 3.63) is 55.7 Å². The highest BCUT2D eigenvalue weighted by Gasteiger charge is 2.10. The number of aryl methyl sites for hydroxylation is 1. The van der Waals surface area contributed by atoms with E-state index in [4.69, 9.17) is 0 Å². The number of rotatable bonds is 3. The minimum atomic E-state index is -0.0283. The van der Waals surface area contributed by atoms with Crippen molar-refractivity contribution in [2.75, 3.05) is 0 Å². The lowest BCUT2D eigenvalue weighted by Gasteiger charge is -2.08. The topological polar surface area (TPSA) is 29.1 Å². The number of halogens is 1. The Bertz CT molecular complexity index is 577. The first kappa shape index (κ1) is 13.3. The van der Waals surface area contributed by atoms with Crippen LogP contribution in [0.5, 0.6) is 0 Å². The fourth-order valence-electron chi connectivity index (χ4n) is 1.69. The number of thiophene rings is 1. The predicted molar refractivity (Wildman–Crippen MR) is 79.1 cm³/mol. The van der Waals surface area contributed by atoms with Gasteiger partial charge in [0.2, 0.25) is 0 Å². The third-order valence-corrected chi connectivity index (χ3v) is 4.68. The van der Waals surface area contributed by atoms with Crippen LogP contribution >= 0.6 is 27.3 Å². The lowest BCUT2D eigenvalue weighted by molar-refractivity contribution is 0.0950. The third kappa shape index (κ3) is 2.82. The van der Waals surface area contributed by atoms with Crippen molar-refractivity contribution in [3.8, 4) is 0 Å². The summed E-state index contributed by atoms with van der Waals surface area (Å²) in [6, 6.07) is 5.66. The summed E-state index contributed by atoms with van der Waals surface area (Å²) in [5.41, 5.74) is 4.10. The molecule has 2 aromatic rings. The monoisotopic (exact) mass is 323 g/mol. The standard InChI is InChI=1S/C14H14BrNOS/c1-9-7-18-8-11(9)6-16-14(17)12-4-3-5-13(15)10(12)2/h3-5,7-8H,6H2,1-2H3,(H,16,17). The minimum Gasteiger partial charge on any atom is -0.348 e. The molecule has 0 saturated carbocycles. The van der Waals surface area contributed by atoms with E-state index < -0.39 is 0 Å². The Kier molecular flexibility index (Phi) is 4.19. The molecule has 1 aromatic heterocycles. The number of carbonyl (C=O) groups excluding carboxylic acids is 1. The molecule has 0 spiro atoms. The molecule has 0 radical (unpaired) electrons. The van der Waals surface area contributed by atoms with Crippen molar-refractivity contribution >= 4 is 33.2 Å². The van der Waals surface area contributed by atoms with Gasteiger partial charge in [0.15, 0.2) is 0 Å². The summed E-state index contributed by atoms with van der Waals surface area (Å²) in [7, 11) is 0. The molecule has 1 N–H and O–H groups in total. The molecule has 1 heterocycles. The number of amides is 1. The Morgan fingerprint density at radius 2 is 2.11 bits per heavy atom. The number of hydrogen-bond acceptors (Lipinski definition) is 2. The van der Waals surface area contributed by atoms with Crippen LogP contribution in [-0.2, 0) is 6.54 Å². The Labute approximate surface area is 119 Å². The second-order valence-corrected chi connectivity index (χ2v) is 5.77. The molecule has 0 fully saturated rings. The van der Waals surface area contributed by atoms with Crippen LogP contribution < -0.4 is 5.32 Å². The number of nitrogens with one attached hydrogen (secondary N) is 1. The largest absolute Gasteiger partial charge is 0.348 e. The Balaban J connectivity index is 2.09. The SMILES string of the molecule is Cc1cscc1CNC(=O)c1cccc(Br)c1C. The van der Waals surface area contributed by atoms with Crippen LogP contribution in [0.15, 0.2) is 33.4 Å². The minimum absolute atomic E-state index is 0.0283. The molecule has 94 valence electrons. The molecule has 0 aliphatic carbocycles. The smallest absolute Gasteiger partial charge is 0.251 e. The fraction of sp³-hybridized carbons (Fsp3) is 0.214. The summed E-state index contributed by atoms with van der Waals surface area (Å²) in [5.74, 6) is -0.0283. The summed E-state index contributed by atoms with van der Waals surface area (Å²) in [5, 5.41) is 7.12. The molecule has 0 saturated heterocycles. The van der Waals surface area contributed by atoms with E-state index in [9.17, 15) is 4.79 Å². The zero-order valence-corrected chi connectivity index (χ0v) is 12.7. The predicted octanol–water partition coefficient (Wildman–Crippen LogP) is 4.06. The molecule has 0 aliphatic heterocycles. The second-order valence-electron chi connectivity index (χ2n) is 4.18. The van der Waals surface area contributed by atoms with Crippen LogP contribution in [0.1, 0.15) is 27.0 Å². The molecule has 0 atom stereocenters. The van der Waals surface area contributed by atoms with Gasteiger partial charge in [-0.05, 0) is 53.4 Å². The van der Waals surface area contributed by atoms with Crippen molar-refractivity contribution in [1.82, 2.24) is 5.32 Å². The average molecular weight is 324 g/mol. The first-order valence-electron chi connectivity index (χ1n) is 5.64. The van der Waals surface area contributed by atoms with Gasteiger partial charge >= 0.3 is 0 Å². The fourth-order valence-corrected chi connectivity index (χ4v) is 2.92. The summed E-state index contributed by atoms with van der Waals surface area (Å²) in [4.78, 5) is 12.1. The molecule has 0 bridgehead atoms. The maximum atomic E-state index is 12.1. The lowest BCUT2D eigenvalue weighted by atomic mass is 10.1. The van der Waals surface area contributed by atoms with Crippen molar-refractivity contribution in [2.45, 2.75) is 20.4 Å². The van der Waals surface area contributed by atoms with E-state index in [0.717, 1.165) is 15.6 Å². The third-order valence-electron chi connectivity index (χ3n) is 2.91. The van der Waals surface area contributed by atoms with Gasteiger partial charge in [0, 0.05) is 16.6 Å². The summed E-state index contributed by atoms with van der Waals surface area (Å²) >= 11 is 5.10. The van der Waals surface area contributed by atoms with Crippen molar-refractivity contribution in [3.63, 3.8) is 0 Å². The number of benzene rings is 1. The van der Waals surface area contributed by atoms with E-state index in [1.54, 1.807) is 11.3 Å². The van der Waals surface area contributed by atoms with Gasteiger partial charge in [-0.1, -0.05) is 22.0 Å². The first-order chi connectivity index (χ1) is 8.59. The van der Waals surface area contributed by atoms with E-state index in [-0.39, 0.29) is 5.91 Å². The highest BCUT2D eigenvalue weighted by molar-refractivity contribution is 9.10. The van der Waals surface area contributed by atoms with Gasteiger partial charge in [0.05, 0.1) is 0 Å². The van der Waals surface area contributed by atoms with Crippen molar-refractivity contribution < 1.29 is 4.79 Å². The van der Waals surface area contributed by atoms with Crippen LogP contribution in [0.3, 0.4) is 0 Å². The van der Waals surface area contributed by atoms with Crippen LogP contribution in [0, 0.1) is 13.8 Å². The number of carbonyl (C=O) groups is 1. The van der Waals surface area contributed by atoms with E-state index in [1.807, 2.05) is 25.1 Å². The van der Waals surface area contributed by atoms with Crippen molar-refractivity contribution in [1.29, 1.82) is 0 Å². The molecular formula is C14H14BrNOS. The summed E-state index contributed by atoms with van der Waals surface area (Å²) < 4.78 is 0.960. The van der Waals surface area contributed by atoms with E-state index in [1.165, 1.54) is 11.1 Å². The Hall–Kier alpha value is -1.13. The van der Waals surface area contributed by atoms with E-state index >= 15 is 0 Å². The van der Waals surface area contributed by atoms with Crippen LogP contribution in [0.2, 0.25) is 0 Å². The maximum absolute atomic E-state index is 12.1. The normalized spacial score (nSPS) is 10.4. The molecule has 0 unspecified atom stereocenters. The van der Waals surface area contributed by atoms with Crippen LogP contribution in [0.25, 0.3) is 0 Å². The molecular weight excluding hydrogens is 310 g/mol. The van der Waals surface area contributed by atoms with E-state index in [2.05, 4.69) is 38.9 Å². The van der Waals surface area contributed by atoms with Gasteiger partial charge in [-0.3, -0.25) is 4.79 Å².